The average Bonchev–Trinajstić information content (AvgIpc) is 2.96. The lowest BCUT2D eigenvalue weighted by Crippen LogP contribution is -2.31. The Morgan fingerprint density at radius 3 is 2.96 bits per heavy atom. The molecule has 0 aliphatic carbocycles. The summed E-state index contributed by atoms with van der Waals surface area (Å²) in [4.78, 5) is 11.6. The van der Waals surface area contributed by atoms with Gasteiger partial charge < -0.3 is 15.4 Å². The number of ether oxygens (including phenoxy) is 1. The van der Waals surface area contributed by atoms with Gasteiger partial charge in [-0.15, -0.1) is 0 Å². The maximum absolute atomic E-state index is 6.05. The molecular weight excluding hydrogens is 292 g/mol. The molecule has 2 aromatic heterocycles. The molecule has 2 aromatic rings. The monoisotopic (exact) mass is 314 g/mol. The van der Waals surface area contributed by atoms with E-state index in [4.69, 9.17) is 15.5 Å². The zero-order valence-corrected chi connectivity index (χ0v) is 13.4. The first-order chi connectivity index (χ1) is 11.2. The third-order valence-electron chi connectivity index (χ3n) is 4.79. The molecule has 4 rings (SSSR count). The van der Waals surface area contributed by atoms with Crippen LogP contribution in [0, 0.1) is 6.92 Å². The number of hydrogen-bond acceptors (Lipinski definition) is 6. The Morgan fingerprint density at radius 1 is 1.30 bits per heavy atom. The van der Waals surface area contributed by atoms with Gasteiger partial charge in [-0.1, -0.05) is 0 Å². The van der Waals surface area contributed by atoms with Crippen LogP contribution >= 0.6 is 0 Å². The first kappa shape index (κ1) is 14.4. The number of aromatic nitrogens is 4. The molecule has 0 bridgehead atoms. The number of hydrogen-bond donors (Lipinski definition) is 2. The summed E-state index contributed by atoms with van der Waals surface area (Å²) in [6.07, 6.45) is 2.86. The zero-order chi connectivity index (χ0) is 15.8. The highest BCUT2D eigenvalue weighted by Crippen LogP contribution is 2.29. The van der Waals surface area contributed by atoms with Crippen molar-refractivity contribution in [3.63, 3.8) is 0 Å². The smallest absolute Gasteiger partial charge is 0.136 e. The Hall–Kier alpha value is -2.15. The van der Waals surface area contributed by atoms with Crippen molar-refractivity contribution in [2.24, 2.45) is 0 Å². The molecule has 2 aliphatic heterocycles. The molecule has 4 heterocycles. The van der Waals surface area contributed by atoms with Gasteiger partial charge in [0.15, 0.2) is 0 Å². The highest BCUT2D eigenvalue weighted by molar-refractivity contribution is 5.49. The van der Waals surface area contributed by atoms with Crippen molar-refractivity contribution in [1.29, 1.82) is 0 Å². The first-order valence-electron chi connectivity index (χ1n) is 8.20. The predicted molar refractivity (Wildman–Crippen MR) is 87.3 cm³/mol. The van der Waals surface area contributed by atoms with Crippen LogP contribution in [-0.4, -0.2) is 39.9 Å². The molecule has 3 N–H and O–H groups in total. The van der Waals surface area contributed by atoms with E-state index in [0.717, 1.165) is 62.9 Å². The topological polar surface area (TPSA) is 93.0 Å². The summed E-state index contributed by atoms with van der Waals surface area (Å²) in [5, 5.41) is 7.45. The lowest BCUT2D eigenvalue weighted by molar-refractivity contribution is 0.0836. The van der Waals surface area contributed by atoms with Crippen molar-refractivity contribution in [1.82, 2.24) is 20.2 Å². The minimum Gasteiger partial charge on any atom is -0.384 e. The fraction of sp³-hybridized carbons (Fsp3) is 0.562. The van der Waals surface area contributed by atoms with E-state index in [1.165, 1.54) is 11.3 Å². The Morgan fingerprint density at radius 2 is 2.13 bits per heavy atom. The highest BCUT2D eigenvalue weighted by atomic mass is 16.5. The molecule has 1 saturated heterocycles. The van der Waals surface area contributed by atoms with Crippen LogP contribution in [0.2, 0.25) is 0 Å². The number of nitrogens with zero attached hydrogens (tertiary/aromatic N) is 4. The third-order valence-corrected chi connectivity index (χ3v) is 4.79. The average molecular weight is 314 g/mol. The fourth-order valence-electron chi connectivity index (χ4n) is 3.40. The summed E-state index contributed by atoms with van der Waals surface area (Å²) in [5.74, 6) is 2.68. The Balaban J connectivity index is 1.61. The van der Waals surface area contributed by atoms with Crippen LogP contribution < -0.4 is 10.6 Å². The number of nitrogens with two attached hydrogens (primary N) is 1. The van der Waals surface area contributed by atoms with Crippen molar-refractivity contribution < 1.29 is 4.74 Å². The van der Waals surface area contributed by atoms with Gasteiger partial charge in [0.25, 0.3) is 0 Å². The highest BCUT2D eigenvalue weighted by Gasteiger charge is 2.24. The summed E-state index contributed by atoms with van der Waals surface area (Å²) in [5.41, 5.74) is 9.64. The molecule has 0 aromatic carbocycles. The predicted octanol–water partition coefficient (Wildman–Crippen LogP) is 1.55. The first-order valence-corrected chi connectivity index (χ1v) is 8.20. The van der Waals surface area contributed by atoms with Crippen LogP contribution in [0.3, 0.4) is 0 Å². The van der Waals surface area contributed by atoms with Crippen molar-refractivity contribution in [3.8, 4) is 0 Å². The lowest BCUT2D eigenvalue weighted by atomic mass is 9.99. The number of nitrogens with one attached hydrogen (secondary N) is 1. The standard InChI is InChI=1S/C16H22N6O/c1-10-12-9-22(5-2-13(12)21-20-10)15-8-14(17)18-16(19-15)11-3-6-23-7-4-11/h8,11H,2-7,9H2,1H3,(H,20,21)(H2,17,18,19). The molecule has 0 radical (unpaired) electrons. The number of anilines is 2. The van der Waals surface area contributed by atoms with Gasteiger partial charge in [0.05, 0.1) is 5.69 Å². The van der Waals surface area contributed by atoms with Crippen LogP contribution in [0.4, 0.5) is 11.6 Å². The molecular formula is C16H22N6O. The Labute approximate surface area is 135 Å². The van der Waals surface area contributed by atoms with Gasteiger partial charge in [-0.3, -0.25) is 5.10 Å². The largest absolute Gasteiger partial charge is 0.384 e. The van der Waals surface area contributed by atoms with E-state index in [2.05, 4.69) is 27.0 Å². The van der Waals surface area contributed by atoms with Gasteiger partial charge in [0, 0.05) is 56.0 Å². The van der Waals surface area contributed by atoms with Crippen LogP contribution in [0.5, 0.6) is 0 Å². The van der Waals surface area contributed by atoms with Gasteiger partial charge in [0.1, 0.15) is 17.5 Å². The van der Waals surface area contributed by atoms with E-state index in [-0.39, 0.29) is 0 Å². The number of aryl methyl sites for hydroxylation is 1. The second-order valence-electron chi connectivity index (χ2n) is 6.34. The molecule has 122 valence electrons. The van der Waals surface area contributed by atoms with Gasteiger partial charge in [0.2, 0.25) is 0 Å². The van der Waals surface area contributed by atoms with Crippen molar-refractivity contribution in [3.05, 3.63) is 28.8 Å². The molecule has 7 heteroatoms. The Bertz CT molecular complexity index is 707. The van der Waals surface area contributed by atoms with E-state index in [1.54, 1.807) is 0 Å². The number of aromatic amines is 1. The number of fused-ring (bicyclic) bond motifs is 1. The van der Waals surface area contributed by atoms with E-state index < -0.39 is 0 Å². The van der Waals surface area contributed by atoms with Crippen LogP contribution in [0.1, 0.15) is 41.5 Å². The third kappa shape index (κ3) is 2.76. The van der Waals surface area contributed by atoms with Crippen LogP contribution in [-0.2, 0) is 17.7 Å². The maximum atomic E-state index is 6.05. The van der Waals surface area contributed by atoms with Gasteiger partial charge in [-0.25, -0.2) is 9.97 Å². The van der Waals surface area contributed by atoms with E-state index in [0.29, 0.717) is 11.7 Å². The molecule has 0 atom stereocenters. The molecule has 0 unspecified atom stereocenters. The van der Waals surface area contributed by atoms with Crippen molar-refractivity contribution >= 4 is 11.6 Å². The Kier molecular flexibility index (Phi) is 3.65. The normalized spacial score (nSPS) is 18.9. The summed E-state index contributed by atoms with van der Waals surface area (Å²) in [6, 6.07) is 1.88. The van der Waals surface area contributed by atoms with Gasteiger partial charge in [-0.2, -0.15) is 5.10 Å². The van der Waals surface area contributed by atoms with Crippen LogP contribution in [0.25, 0.3) is 0 Å². The molecule has 0 amide bonds. The molecule has 1 fully saturated rings. The molecule has 0 saturated carbocycles. The molecule has 0 spiro atoms. The molecule has 7 nitrogen and oxygen atoms in total. The van der Waals surface area contributed by atoms with E-state index in [1.807, 2.05) is 6.07 Å². The van der Waals surface area contributed by atoms with Crippen LogP contribution in [0.15, 0.2) is 6.07 Å². The van der Waals surface area contributed by atoms with Gasteiger partial charge in [-0.05, 0) is 19.8 Å². The summed E-state index contributed by atoms with van der Waals surface area (Å²) >= 11 is 0. The minimum atomic E-state index is 0.349. The number of H-pyrrole nitrogens is 1. The van der Waals surface area contributed by atoms with Gasteiger partial charge >= 0.3 is 0 Å². The zero-order valence-electron chi connectivity index (χ0n) is 13.4. The fourth-order valence-corrected chi connectivity index (χ4v) is 3.40. The summed E-state index contributed by atoms with van der Waals surface area (Å²) in [6.45, 7) is 5.35. The molecule has 2 aliphatic rings. The van der Waals surface area contributed by atoms with Crippen molar-refractivity contribution in [2.75, 3.05) is 30.4 Å². The quantitative estimate of drug-likeness (QED) is 0.873. The lowest BCUT2D eigenvalue weighted by Gasteiger charge is -2.29. The number of rotatable bonds is 2. The second kappa shape index (κ2) is 5.81. The van der Waals surface area contributed by atoms with E-state index in [9.17, 15) is 0 Å². The van der Waals surface area contributed by atoms with Crippen molar-refractivity contribution in [2.45, 2.75) is 38.6 Å². The minimum absolute atomic E-state index is 0.349. The summed E-state index contributed by atoms with van der Waals surface area (Å²) in [7, 11) is 0. The van der Waals surface area contributed by atoms with E-state index >= 15 is 0 Å². The molecule has 23 heavy (non-hydrogen) atoms. The SMILES string of the molecule is Cc1[nH]nc2c1CN(c1cc(N)nc(C3CCOCC3)n1)CC2. The summed E-state index contributed by atoms with van der Waals surface area (Å²) < 4.78 is 5.43. The number of nitrogen functional groups attached to an aromatic ring is 1. The maximum Gasteiger partial charge on any atom is 0.136 e. The second-order valence-corrected chi connectivity index (χ2v) is 6.34.